The van der Waals surface area contributed by atoms with Crippen LogP contribution in [0.4, 0.5) is 0 Å². The lowest BCUT2D eigenvalue weighted by Crippen LogP contribution is -2.45. The molecule has 1 aromatic heterocycles. The van der Waals surface area contributed by atoms with Crippen LogP contribution in [0.15, 0.2) is 35.5 Å². The minimum absolute atomic E-state index is 0.780. The van der Waals surface area contributed by atoms with Gasteiger partial charge in [-0.05, 0) is 24.1 Å². The van der Waals surface area contributed by atoms with Gasteiger partial charge in [0.25, 0.3) is 0 Å². The molecule has 0 unspecified atom stereocenters. The zero-order valence-electron chi connectivity index (χ0n) is 18.7. The third-order valence-electron chi connectivity index (χ3n) is 5.68. The van der Waals surface area contributed by atoms with E-state index in [9.17, 15) is 0 Å². The summed E-state index contributed by atoms with van der Waals surface area (Å²) < 4.78 is 0. The van der Waals surface area contributed by atoms with Crippen LogP contribution < -0.4 is 10.6 Å². The molecule has 1 saturated heterocycles. The Balaban J connectivity index is 1.47. The molecule has 7 heteroatoms. The molecule has 164 valence electrons. The molecule has 3 rings (SSSR count). The van der Waals surface area contributed by atoms with Gasteiger partial charge in [-0.15, -0.1) is 11.3 Å². The fraction of sp³-hybridized carbons (Fsp3) is 0.565. The molecule has 1 aliphatic rings. The molecule has 1 aliphatic heterocycles. The van der Waals surface area contributed by atoms with Crippen LogP contribution in [0.2, 0.25) is 0 Å². The first-order chi connectivity index (χ1) is 14.7. The predicted molar refractivity (Wildman–Crippen MR) is 127 cm³/mol. The van der Waals surface area contributed by atoms with Crippen molar-refractivity contribution in [1.29, 1.82) is 0 Å². The van der Waals surface area contributed by atoms with Crippen LogP contribution in [0.3, 0.4) is 0 Å². The fourth-order valence-electron chi connectivity index (χ4n) is 3.70. The van der Waals surface area contributed by atoms with E-state index in [0.717, 1.165) is 58.1 Å². The Labute approximate surface area is 185 Å². The van der Waals surface area contributed by atoms with Crippen molar-refractivity contribution in [3.8, 4) is 0 Å². The van der Waals surface area contributed by atoms with Gasteiger partial charge in [-0.1, -0.05) is 38.1 Å². The average Bonchev–Trinajstić information content (AvgIpc) is 3.25. The van der Waals surface area contributed by atoms with E-state index >= 15 is 0 Å². The SMILES string of the molecule is CCc1cnc(CCNC(=NC)NCc2ccccc2CN2CCN(CC)CC2)s1. The van der Waals surface area contributed by atoms with E-state index in [1.54, 1.807) is 11.3 Å². The number of aromatic nitrogens is 1. The van der Waals surface area contributed by atoms with E-state index in [2.05, 4.69) is 68.5 Å². The van der Waals surface area contributed by atoms with Crippen LogP contribution >= 0.6 is 11.3 Å². The van der Waals surface area contributed by atoms with E-state index in [1.165, 1.54) is 34.1 Å². The summed E-state index contributed by atoms with van der Waals surface area (Å²) in [4.78, 5) is 15.3. The minimum Gasteiger partial charge on any atom is -0.356 e. The standard InChI is InChI=1S/C23H36N6S/c1-4-21-17-26-22(30-21)10-11-25-23(24-3)27-16-19-8-6-7-9-20(19)18-29-14-12-28(5-2)13-15-29/h6-9,17H,4-5,10-16,18H2,1-3H3,(H2,24,25,27). The monoisotopic (exact) mass is 428 g/mol. The highest BCUT2D eigenvalue weighted by atomic mass is 32.1. The van der Waals surface area contributed by atoms with Crippen LogP contribution in [-0.2, 0) is 25.9 Å². The molecule has 0 amide bonds. The largest absolute Gasteiger partial charge is 0.356 e. The molecule has 0 spiro atoms. The highest BCUT2D eigenvalue weighted by Gasteiger charge is 2.16. The molecule has 30 heavy (non-hydrogen) atoms. The molecule has 0 atom stereocenters. The van der Waals surface area contributed by atoms with Crippen molar-refractivity contribution in [1.82, 2.24) is 25.4 Å². The molecule has 2 N–H and O–H groups in total. The molecule has 1 fully saturated rings. The van der Waals surface area contributed by atoms with Crippen molar-refractivity contribution in [3.05, 3.63) is 51.5 Å². The van der Waals surface area contributed by atoms with E-state index in [0.29, 0.717) is 0 Å². The highest BCUT2D eigenvalue weighted by molar-refractivity contribution is 7.11. The summed E-state index contributed by atoms with van der Waals surface area (Å²) in [6.45, 7) is 12.8. The number of aryl methyl sites for hydroxylation is 1. The van der Waals surface area contributed by atoms with Crippen LogP contribution in [0.25, 0.3) is 0 Å². The quantitative estimate of drug-likeness (QED) is 0.475. The lowest BCUT2D eigenvalue weighted by atomic mass is 10.1. The van der Waals surface area contributed by atoms with E-state index in [-0.39, 0.29) is 0 Å². The number of nitrogens with one attached hydrogen (secondary N) is 2. The van der Waals surface area contributed by atoms with Gasteiger partial charge in [0.2, 0.25) is 0 Å². The first kappa shape index (κ1) is 22.7. The Hall–Kier alpha value is -1.96. The van der Waals surface area contributed by atoms with Gasteiger partial charge in [-0.3, -0.25) is 9.89 Å². The minimum atomic E-state index is 0.780. The second kappa shape index (κ2) is 12.0. The molecule has 6 nitrogen and oxygen atoms in total. The number of rotatable bonds is 9. The van der Waals surface area contributed by atoms with Gasteiger partial charge in [0.15, 0.2) is 5.96 Å². The summed E-state index contributed by atoms with van der Waals surface area (Å²) in [5.74, 6) is 0.841. The van der Waals surface area contributed by atoms with Gasteiger partial charge in [-0.25, -0.2) is 4.98 Å². The Morgan fingerprint density at radius 3 is 2.47 bits per heavy atom. The normalized spacial score (nSPS) is 16.0. The van der Waals surface area contributed by atoms with E-state index in [1.807, 2.05) is 13.2 Å². The molecule has 1 aromatic carbocycles. The van der Waals surface area contributed by atoms with Crippen LogP contribution in [0.5, 0.6) is 0 Å². The topological polar surface area (TPSA) is 55.8 Å². The fourth-order valence-corrected chi connectivity index (χ4v) is 4.57. The lowest BCUT2D eigenvalue weighted by Gasteiger charge is -2.34. The number of piperazine rings is 1. The maximum atomic E-state index is 4.49. The molecule has 0 aliphatic carbocycles. The Kier molecular flexibility index (Phi) is 9.11. The summed E-state index contributed by atoms with van der Waals surface area (Å²) >= 11 is 1.80. The molecular weight excluding hydrogens is 392 g/mol. The zero-order chi connectivity index (χ0) is 21.2. The first-order valence-electron chi connectivity index (χ1n) is 11.1. The van der Waals surface area contributed by atoms with Gasteiger partial charge in [-0.2, -0.15) is 0 Å². The van der Waals surface area contributed by atoms with E-state index < -0.39 is 0 Å². The van der Waals surface area contributed by atoms with Gasteiger partial charge < -0.3 is 15.5 Å². The number of benzene rings is 1. The van der Waals surface area contributed by atoms with Gasteiger partial charge in [0.05, 0.1) is 5.01 Å². The number of hydrogen-bond acceptors (Lipinski definition) is 5. The smallest absolute Gasteiger partial charge is 0.191 e. The number of hydrogen-bond donors (Lipinski definition) is 2. The van der Waals surface area contributed by atoms with Crippen molar-refractivity contribution < 1.29 is 0 Å². The Bertz CT molecular complexity index is 794. The highest BCUT2D eigenvalue weighted by Crippen LogP contribution is 2.14. The first-order valence-corrected chi connectivity index (χ1v) is 11.9. The summed E-state index contributed by atoms with van der Waals surface area (Å²) in [6.07, 6.45) is 3.97. The van der Waals surface area contributed by atoms with Gasteiger partial charge in [0, 0.05) is 70.4 Å². The van der Waals surface area contributed by atoms with Crippen molar-refractivity contribution in [2.24, 2.45) is 4.99 Å². The molecule has 0 bridgehead atoms. The molecule has 0 radical (unpaired) electrons. The van der Waals surface area contributed by atoms with Crippen molar-refractivity contribution in [2.75, 3.05) is 46.3 Å². The van der Waals surface area contributed by atoms with E-state index in [4.69, 9.17) is 0 Å². The third kappa shape index (κ3) is 6.79. The number of aliphatic imine (C=N–C) groups is 1. The molecular formula is C23H36N6S. The maximum absolute atomic E-state index is 4.49. The molecule has 0 saturated carbocycles. The number of likely N-dealkylation sites (N-methyl/N-ethyl adjacent to an activating group) is 1. The summed E-state index contributed by atoms with van der Waals surface area (Å²) in [5, 5.41) is 8.08. The van der Waals surface area contributed by atoms with Crippen LogP contribution in [0.1, 0.15) is 34.9 Å². The van der Waals surface area contributed by atoms with Gasteiger partial charge >= 0.3 is 0 Å². The average molecular weight is 429 g/mol. The molecule has 2 aromatic rings. The second-order valence-corrected chi connectivity index (χ2v) is 8.86. The predicted octanol–water partition coefficient (Wildman–Crippen LogP) is 2.75. The van der Waals surface area contributed by atoms with Crippen molar-refractivity contribution in [3.63, 3.8) is 0 Å². The summed E-state index contributed by atoms with van der Waals surface area (Å²) in [7, 11) is 1.83. The lowest BCUT2D eigenvalue weighted by molar-refractivity contribution is 0.131. The Morgan fingerprint density at radius 1 is 1.07 bits per heavy atom. The van der Waals surface area contributed by atoms with Crippen LogP contribution in [0, 0.1) is 0 Å². The maximum Gasteiger partial charge on any atom is 0.191 e. The second-order valence-electron chi connectivity index (χ2n) is 7.66. The zero-order valence-corrected chi connectivity index (χ0v) is 19.5. The van der Waals surface area contributed by atoms with Crippen LogP contribution in [-0.4, -0.2) is 67.1 Å². The third-order valence-corrected chi connectivity index (χ3v) is 6.88. The number of thiazole rings is 1. The number of nitrogens with zero attached hydrogens (tertiary/aromatic N) is 4. The number of guanidine groups is 1. The van der Waals surface area contributed by atoms with Gasteiger partial charge in [0.1, 0.15) is 0 Å². The van der Waals surface area contributed by atoms with Crippen molar-refractivity contribution in [2.45, 2.75) is 39.8 Å². The summed E-state index contributed by atoms with van der Waals surface area (Å²) in [6, 6.07) is 8.75. The summed E-state index contributed by atoms with van der Waals surface area (Å²) in [5.41, 5.74) is 2.74. The Morgan fingerprint density at radius 2 is 1.80 bits per heavy atom. The van der Waals surface area contributed by atoms with Crippen molar-refractivity contribution >= 4 is 17.3 Å². The molecule has 2 heterocycles.